The van der Waals surface area contributed by atoms with Gasteiger partial charge in [-0.15, -0.1) is 12.6 Å². The van der Waals surface area contributed by atoms with Crippen LogP contribution in [0.25, 0.3) is 10.9 Å². The number of nitrogens with zero attached hydrogens (tertiary/aromatic N) is 1. The molecule has 2 rings (SSSR count). The fourth-order valence-corrected chi connectivity index (χ4v) is 2.83. The molecule has 0 spiro atoms. The number of benzene rings is 1. The molecule has 0 aliphatic carbocycles. The van der Waals surface area contributed by atoms with Crippen LogP contribution < -0.4 is 10.1 Å². The lowest BCUT2D eigenvalue weighted by molar-refractivity contribution is -0.127. The lowest BCUT2D eigenvalue weighted by Crippen LogP contribution is -2.51. The van der Waals surface area contributed by atoms with E-state index < -0.39 is 4.27 Å². The molecule has 1 aromatic carbocycles. The summed E-state index contributed by atoms with van der Waals surface area (Å²) in [6.45, 7) is 5.75. The molecule has 0 aliphatic rings. The van der Waals surface area contributed by atoms with Gasteiger partial charge in [-0.2, -0.15) is 0 Å². The Bertz CT molecular complexity index is 734. The quantitative estimate of drug-likeness (QED) is 0.580. The molecular formula is C16H19BrN2O2S2. The van der Waals surface area contributed by atoms with Crippen molar-refractivity contribution in [3.63, 3.8) is 0 Å². The second kappa shape index (κ2) is 6.91. The van der Waals surface area contributed by atoms with Gasteiger partial charge in [-0.1, -0.05) is 11.8 Å². The Labute approximate surface area is 154 Å². The van der Waals surface area contributed by atoms with E-state index in [1.54, 1.807) is 18.5 Å². The van der Waals surface area contributed by atoms with E-state index in [2.05, 4.69) is 38.9 Å². The molecular weight excluding hydrogens is 396 g/mol. The number of pyridine rings is 1. The maximum atomic E-state index is 12.5. The molecule has 7 heteroatoms. The summed E-state index contributed by atoms with van der Waals surface area (Å²) >= 11 is 9.09. The van der Waals surface area contributed by atoms with Crippen LogP contribution in [-0.2, 0) is 4.79 Å². The lowest BCUT2D eigenvalue weighted by Gasteiger charge is -2.30. The van der Waals surface area contributed by atoms with Crippen LogP contribution in [0.4, 0.5) is 0 Å². The van der Waals surface area contributed by atoms with Crippen molar-refractivity contribution in [2.45, 2.75) is 30.6 Å². The molecule has 1 aromatic heterocycles. The zero-order chi connectivity index (χ0) is 17.3. The first-order chi connectivity index (χ1) is 10.6. The fraction of sp³-hybridized carbons (Fsp3) is 0.375. The first-order valence-corrected chi connectivity index (χ1v) is 9.44. The highest BCUT2D eigenvalue weighted by Crippen LogP contribution is 2.33. The highest BCUT2D eigenvalue weighted by molar-refractivity contribution is 9.10. The first kappa shape index (κ1) is 18.4. The van der Waals surface area contributed by atoms with Crippen molar-refractivity contribution in [1.29, 1.82) is 0 Å². The molecule has 1 N–H and O–H groups in total. The standard InChI is InChI=1S/C16H19BrN2O2S2/c1-15(2,3)19-14(20)16(22,23-4)21-12-5-6-13-10(8-12)7-11(17)9-18-13/h5-9,22H,1-4H3,(H,19,20). The number of hydrogen-bond donors (Lipinski definition) is 2. The molecule has 0 saturated heterocycles. The van der Waals surface area contributed by atoms with E-state index in [0.29, 0.717) is 5.75 Å². The van der Waals surface area contributed by atoms with Gasteiger partial charge in [0.2, 0.25) is 0 Å². The number of ether oxygens (including phenoxy) is 1. The van der Waals surface area contributed by atoms with Gasteiger partial charge >= 0.3 is 0 Å². The molecule has 1 unspecified atom stereocenters. The summed E-state index contributed by atoms with van der Waals surface area (Å²) in [4.78, 5) is 16.8. The van der Waals surface area contributed by atoms with E-state index in [4.69, 9.17) is 4.74 Å². The normalized spacial score (nSPS) is 14.3. The molecule has 124 valence electrons. The molecule has 4 nitrogen and oxygen atoms in total. The van der Waals surface area contributed by atoms with Gasteiger partial charge in [-0.05, 0) is 67.2 Å². The first-order valence-electron chi connectivity index (χ1n) is 6.97. The van der Waals surface area contributed by atoms with Crippen LogP contribution in [0.2, 0.25) is 0 Å². The maximum Gasteiger partial charge on any atom is 0.286 e. The summed E-state index contributed by atoms with van der Waals surface area (Å²) in [5, 5.41) is 3.82. The Balaban J connectivity index is 2.28. The van der Waals surface area contributed by atoms with Crippen LogP contribution in [0.3, 0.4) is 0 Å². The molecule has 1 atom stereocenters. The van der Waals surface area contributed by atoms with Crippen LogP contribution in [0.15, 0.2) is 34.9 Å². The highest BCUT2D eigenvalue weighted by atomic mass is 79.9. The van der Waals surface area contributed by atoms with Crippen molar-refractivity contribution in [1.82, 2.24) is 10.3 Å². The van der Waals surface area contributed by atoms with Crippen molar-refractivity contribution in [3.8, 4) is 5.75 Å². The Morgan fingerprint density at radius 2 is 2.04 bits per heavy atom. The minimum Gasteiger partial charge on any atom is -0.458 e. The van der Waals surface area contributed by atoms with E-state index in [9.17, 15) is 4.79 Å². The van der Waals surface area contributed by atoms with Crippen molar-refractivity contribution >= 4 is 57.1 Å². The van der Waals surface area contributed by atoms with Gasteiger partial charge in [0.25, 0.3) is 10.2 Å². The number of nitrogens with one attached hydrogen (secondary N) is 1. The van der Waals surface area contributed by atoms with Crippen molar-refractivity contribution in [2.75, 3.05) is 6.26 Å². The number of halogens is 1. The molecule has 0 radical (unpaired) electrons. The van der Waals surface area contributed by atoms with E-state index in [-0.39, 0.29) is 11.4 Å². The molecule has 2 aromatic rings. The zero-order valence-electron chi connectivity index (χ0n) is 13.4. The minimum absolute atomic E-state index is 0.284. The topological polar surface area (TPSA) is 51.2 Å². The zero-order valence-corrected chi connectivity index (χ0v) is 16.7. The molecule has 23 heavy (non-hydrogen) atoms. The number of carbonyl (C=O) groups is 1. The van der Waals surface area contributed by atoms with Crippen LogP contribution in [0.1, 0.15) is 20.8 Å². The number of hydrogen-bond acceptors (Lipinski definition) is 5. The van der Waals surface area contributed by atoms with Gasteiger partial charge in [0.05, 0.1) is 5.52 Å². The number of thioether (sulfide) groups is 1. The summed E-state index contributed by atoms with van der Waals surface area (Å²) in [5.74, 6) is 0.277. The van der Waals surface area contributed by atoms with Gasteiger partial charge < -0.3 is 10.1 Å². The predicted octanol–water partition coefficient (Wildman–Crippen LogP) is 4.24. The van der Waals surface area contributed by atoms with Gasteiger partial charge in [0.15, 0.2) is 0 Å². The molecule has 0 aliphatic heterocycles. The van der Waals surface area contributed by atoms with Gasteiger partial charge in [0, 0.05) is 21.6 Å². The predicted molar refractivity (Wildman–Crippen MR) is 103 cm³/mol. The summed E-state index contributed by atoms with van der Waals surface area (Å²) in [6.07, 6.45) is 3.53. The third-order valence-electron chi connectivity index (χ3n) is 2.93. The van der Waals surface area contributed by atoms with E-state index in [1.165, 1.54) is 11.8 Å². The number of thiol groups is 1. The van der Waals surface area contributed by atoms with Crippen molar-refractivity contribution < 1.29 is 9.53 Å². The highest BCUT2D eigenvalue weighted by Gasteiger charge is 2.38. The summed E-state index contributed by atoms with van der Waals surface area (Å²) in [7, 11) is 0. The largest absolute Gasteiger partial charge is 0.458 e. The smallest absolute Gasteiger partial charge is 0.286 e. The Morgan fingerprint density at radius 3 is 2.65 bits per heavy atom. The van der Waals surface area contributed by atoms with E-state index in [0.717, 1.165) is 15.4 Å². The van der Waals surface area contributed by atoms with Crippen molar-refractivity contribution in [3.05, 3.63) is 34.9 Å². The van der Waals surface area contributed by atoms with Gasteiger partial charge in [-0.3, -0.25) is 9.78 Å². The number of aromatic nitrogens is 1. The van der Waals surface area contributed by atoms with Gasteiger partial charge in [-0.25, -0.2) is 0 Å². The van der Waals surface area contributed by atoms with Gasteiger partial charge in [0.1, 0.15) is 5.75 Å². The molecule has 0 bridgehead atoms. The Hall–Kier alpha value is -0.920. The van der Waals surface area contributed by atoms with Crippen LogP contribution in [-0.4, -0.2) is 27.0 Å². The third-order valence-corrected chi connectivity index (χ3v) is 5.03. The second-order valence-corrected chi connectivity index (χ2v) is 8.93. The summed E-state index contributed by atoms with van der Waals surface area (Å²) in [6, 6.07) is 7.43. The van der Waals surface area contributed by atoms with Crippen LogP contribution in [0, 0.1) is 0 Å². The summed E-state index contributed by atoms with van der Waals surface area (Å²) < 4.78 is 5.46. The number of fused-ring (bicyclic) bond motifs is 1. The average Bonchev–Trinajstić information content (AvgIpc) is 2.44. The molecule has 0 fully saturated rings. The fourth-order valence-electron chi connectivity index (χ4n) is 1.91. The van der Waals surface area contributed by atoms with E-state index in [1.807, 2.05) is 39.0 Å². The number of amides is 1. The second-order valence-electron chi connectivity index (χ2n) is 6.10. The van der Waals surface area contributed by atoms with Crippen LogP contribution in [0.5, 0.6) is 5.75 Å². The lowest BCUT2D eigenvalue weighted by atomic mass is 10.1. The minimum atomic E-state index is -1.31. The number of rotatable bonds is 4. The molecule has 1 amide bonds. The summed E-state index contributed by atoms with van der Waals surface area (Å²) in [5.41, 5.74) is 0.496. The van der Waals surface area contributed by atoms with E-state index >= 15 is 0 Å². The SMILES string of the molecule is CSC(S)(Oc1ccc2ncc(Br)cc2c1)C(=O)NC(C)(C)C. The van der Waals surface area contributed by atoms with Crippen molar-refractivity contribution in [2.24, 2.45) is 0 Å². The monoisotopic (exact) mass is 414 g/mol. The molecule has 0 saturated carbocycles. The Morgan fingerprint density at radius 1 is 1.35 bits per heavy atom. The number of carbonyl (C=O) groups excluding carboxylic acids is 1. The Kier molecular flexibility index (Phi) is 5.53. The maximum absolute atomic E-state index is 12.5. The third kappa shape index (κ3) is 4.78. The molecule has 1 heterocycles. The van der Waals surface area contributed by atoms with Crippen LogP contribution >= 0.6 is 40.3 Å². The average molecular weight is 415 g/mol.